The largest absolute Gasteiger partial charge is 0.301 e. The maximum absolute atomic E-state index is 13.4. The molecule has 0 saturated heterocycles. The van der Waals surface area contributed by atoms with Crippen molar-refractivity contribution in [1.82, 2.24) is 5.32 Å². The molecule has 1 N–H and O–H groups in total. The van der Waals surface area contributed by atoms with Gasteiger partial charge < -0.3 is 5.32 Å². The lowest BCUT2D eigenvalue weighted by Crippen LogP contribution is -2.28. The van der Waals surface area contributed by atoms with Crippen LogP contribution in [-0.4, -0.2) is 23.4 Å². The molecule has 0 aromatic heterocycles. The van der Waals surface area contributed by atoms with Gasteiger partial charge in [0.15, 0.2) is 5.17 Å². The predicted octanol–water partition coefficient (Wildman–Crippen LogP) is 2.42. The van der Waals surface area contributed by atoms with E-state index in [0.29, 0.717) is 16.2 Å². The molecule has 0 spiro atoms. The van der Waals surface area contributed by atoms with Crippen LogP contribution in [0.2, 0.25) is 0 Å². The molecule has 84 valence electrons. The molecule has 1 aromatic rings. The maximum Gasteiger partial charge on any atom is 0.260 e. The molecule has 0 bridgehead atoms. The number of aliphatic imine (C=N–C) groups is 1. The van der Waals surface area contributed by atoms with Gasteiger partial charge in [-0.25, -0.2) is 4.39 Å². The van der Waals surface area contributed by atoms with Crippen LogP contribution >= 0.6 is 27.7 Å². The van der Waals surface area contributed by atoms with E-state index in [0.717, 1.165) is 5.75 Å². The van der Waals surface area contributed by atoms with Crippen molar-refractivity contribution in [2.75, 3.05) is 12.3 Å². The highest BCUT2D eigenvalue weighted by atomic mass is 79.9. The third kappa shape index (κ3) is 2.62. The Labute approximate surface area is 105 Å². The van der Waals surface area contributed by atoms with Gasteiger partial charge >= 0.3 is 0 Å². The van der Waals surface area contributed by atoms with Gasteiger partial charge in [0.25, 0.3) is 5.91 Å². The molecule has 2 rings (SSSR count). The SMILES string of the molecule is O=C(NC1=NCCS1)c1cc(Br)ccc1F. The van der Waals surface area contributed by atoms with Gasteiger partial charge in [-0.05, 0) is 18.2 Å². The van der Waals surface area contributed by atoms with E-state index in [1.165, 1.54) is 23.9 Å². The molecule has 1 aliphatic rings. The van der Waals surface area contributed by atoms with Crippen molar-refractivity contribution >= 4 is 38.8 Å². The zero-order valence-corrected chi connectivity index (χ0v) is 10.6. The molecule has 3 nitrogen and oxygen atoms in total. The third-order valence-electron chi connectivity index (χ3n) is 1.98. The standard InChI is InChI=1S/C10H8BrFN2OS/c11-6-1-2-8(12)7(5-6)9(15)14-10-13-3-4-16-10/h1-2,5H,3-4H2,(H,13,14,15). The quantitative estimate of drug-likeness (QED) is 0.865. The second kappa shape index (κ2) is 4.97. The highest BCUT2D eigenvalue weighted by Crippen LogP contribution is 2.16. The Balaban J connectivity index is 2.16. The third-order valence-corrected chi connectivity index (χ3v) is 3.36. The summed E-state index contributed by atoms with van der Waals surface area (Å²) in [7, 11) is 0. The number of hydrogen-bond acceptors (Lipinski definition) is 3. The lowest BCUT2D eigenvalue weighted by Gasteiger charge is -2.05. The van der Waals surface area contributed by atoms with Crippen LogP contribution in [0.3, 0.4) is 0 Å². The average Bonchev–Trinajstić information content (AvgIpc) is 2.74. The fourth-order valence-electron chi connectivity index (χ4n) is 1.25. The maximum atomic E-state index is 13.4. The first kappa shape index (κ1) is 11.6. The van der Waals surface area contributed by atoms with Gasteiger partial charge in [-0.3, -0.25) is 9.79 Å². The zero-order chi connectivity index (χ0) is 11.5. The molecule has 0 atom stereocenters. The number of rotatable bonds is 1. The second-order valence-electron chi connectivity index (χ2n) is 3.11. The molecule has 1 aromatic carbocycles. The molecule has 0 unspecified atom stereocenters. The van der Waals surface area contributed by atoms with Crippen molar-refractivity contribution in [1.29, 1.82) is 0 Å². The van der Waals surface area contributed by atoms with E-state index in [4.69, 9.17) is 0 Å². The molecule has 0 fully saturated rings. The Morgan fingerprint density at radius 2 is 2.38 bits per heavy atom. The number of benzene rings is 1. The van der Waals surface area contributed by atoms with Crippen molar-refractivity contribution in [2.45, 2.75) is 0 Å². The molecule has 1 aliphatic heterocycles. The minimum atomic E-state index is -0.538. The second-order valence-corrected chi connectivity index (χ2v) is 5.11. The Hall–Kier alpha value is -0.880. The van der Waals surface area contributed by atoms with Crippen molar-refractivity contribution < 1.29 is 9.18 Å². The van der Waals surface area contributed by atoms with Crippen LogP contribution in [0.15, 0.2) is 27.7 Å². The molecule has 0 saturated carbocycles. The van der Waals surface area contributed by atoms with Gasteiger partial charge in [0.2, 0.25) is 0 Å². The van der Waals surface area contributed by atoms with Crippen LogP contribution in [-0.2, 0) is 0 Å². The highest BCUT2D eigenvalue weighted by molar-refractivity contribution is 9.10. The van der Waals surface area contributed by atoms with Gasteiger partial charge in [0.1, 0.15) is 5.82 Å². The van der Waals surface area contributed by atoms with Gasteiger partial charge in [-0.2, -0.15) is 0 Å². The fraction of sp³-hybridized carbons (Fsp3) is 0.200. The van der Waals surface area contributed by atoms with Gasteiger partial charge in [0.05, 0.1) is 12.1 Å². The van der Waals surface area contributed by atoms with Crippen LogP contribution in [0.25, 0.3) is 0 Å². The van der Waals surface area contributed by atoms with E-state index < -0.39 is 11.7 Å². The van der Waals surface area contributed by atoms with E-state index >= 15 is 0 Å². The molecule has 0 aliphatic carbocycles. The number of carbonyl (C=O) groups excluding carboxylic acids is 1. The number of amides is 1. The summed E-state index contributed by atoms with van der Waals surface area (Å²) in [5.74, 6) is -0.146. The minimum absolute atomic E-state index is 0.0181. The van der Waals surface area contributed by atoms with Crippen LogP contribution in [0.1, 0.15) is 10.4 Å². The van der Waals surface area contributed by atoms with E-state index in [1.54, 1.807) is 6.07 Å². The van der Waals surface area contributed by atoms with Crippen LogP contribution in [0.4, 0.5) is 4.39 Å². The Kier molecular flexibility index (Phi) is 3.60. The molecule has 6 heteroatoms. The monoisotopic (exact) mass is 302 g/mol. The number of hydrogen-bond donors (Lipinski definition) is 1. The van der Waals surface area contributed by atoms with Crippen LogP contribution in [0, 0.1) is 5.82 Å². The summed E-state index contributed by atoms with van der Waals surface area (Å²) in [6, 6.07) is 4.25. The predicted molar refractivity (Wildman–Crippen MR) is 66.3 cm³/mol. The normalized spacial score (nSPS) is 14.8. The Morgan fingerprint density at radius 1 is 1.56 bits per heavy atom. The van der Waals surface area contributed by atoms with Gasteiger partial charge in [-0.15, -0.1) is 0 Å². The summed E-state index contributed by atoms with van der Waals surface area (Å²) in [6.07, 6.45) is 0. The number of nitrogens with zero attached hydrogens (tertiary/aromatic N) is 1. The molecular formula is C10H8BrFN2OS. The first-order valence-electron chi connectivity index (χ1n) is 4.60. The van der Waals surface area contributed by atoms with Gasteiger partial charge in [-0.1, -0.05) is 27.7 Å². The lowest BCUT2D eigenvalue weighted by atomic mass is 10.2. The molecule has 1 heterocycles. The summed E-state index contributed by atoms with van der Waals surface area (Å²) in [6.45, 7) is 0.696. The van der Waals surface area contributed by atoms with Gasteiger partial charge in [0, 0.05) is 10.2 Å². The molecule has 1 amide bonds. The molecule has 0 radical (unpaired) electrons. The van der Waals surface area contributed by atoms with Crippen LogP contribution in [0.5, 0.6) is 0 Å². The van der Waals surface area contributed by atoms with E-state index in [9.17, 15) is 9.18 Å². The Bertz CT molecular complexity index is 464. The van der Waals surface area contributed by atoms with Crippen molar-refractivity contribution in [2.24, 2.45) is 4.99 Å². The van der Waals surface area contributed by atoms with E-state index in [1.807, 2.05) is 0 Å². The smallest absolute Gasteiger partial charge is 0.260 e. The number of thioether (sulfide) groups is 1. The highest BCUT2D eigenvalue weighted by Gasteiger charge is 2.16. The topological polar surface area (TPSA) is 41.5 Å². The summed E-state index contributed by atoms with van der Waals surface area (Å²) >= 11 is 4.65. The van der Waals surface area contributed by atoms with E-state index in [-0.39, 0.29) is 5.56 Å². The van der Waals surface area contributed by atoms with Crippen LogP contribution < -0.4 is 5.32 Å². The summed E-state index contributed by atoms with van der Waals surface area (Å²) in [5, 5.41) is 3.14. The van der Waals surface area contributed by atoms with Crippen molar-refractivity contribution in [3.8, 4) is 0 Å². The first-order chi connectivity index (χ1) is 7.66. The Morgan fingerprint density at radius 3 is 3.06 bits per heavy atom. The summed E-state index contributed by atoms with van der Waals surface area (Å²) < 4.78 is 14.0. The first-order valence-corrected chi connectivity index (χ1v) is 6.38. The summed E-state index contributed by atoms with van der Waals surface area (Å²) in [4.78, 5) is 15.8. The molecular weight excluding hydrogens is 295 g/mol. The zero-order valence-electron chi connectivity index (χ0n) is 8.17. The molecule has 16 heavy (non-hydrogen) atoms. The number of halogens is 2. The summed E-state index contributed by atoms with van der Waals surface area (Å²) in [5.41, 5.74) is 0.0181. The fourth-order valence-corrected chi connectivity index (χ4v) is 2.33. The van der Waals surface area contributed by atoms with E-state index in [2.05, 4.69) is 26.2 Å². The van der Waals surface area contributed by atoms with Crippen molar-refractivity contribution in [3.63, 3.8) is 0 Å². The average molecular weight is 303 g/mol. The number of carbonyl (C=O) groups is 1. The van der Waals surface area contributed by atoms with Crippen molar-refractivity contribution in [3.05, 3.63) is 34.1 Å². The lowest BCUT2D eigenvalue weighted by molar-refractivity contribution is 0.0974. The minimum Gasteiger partial charge on any atom is -0.301 e. The number of nitrogens with one attached hydrogen (secondary N) is 1. The number of amidine groups is 1.